The summed E-state index contributed by atoms with van der Waals surface area (Å²) in [7, 11) is 0. The quantitative estimate of drug-likeness (QED) is 0.614. The van der Waals surface area contributed by atoms with E-state index < -0.39 is 5.60 Å². The highest BCUT2D eigenvalue weighted by molar-refractivity contribution is 5.88. The largest absolute Gasteiger partial charge is 0.443 e. The van der Waals surface area contributed by atoms with E-state index in [2.05, 4.69) is 11.1 Å². The SMILES string of the molecule is CC(C)(C)OC(=O)N1CCCc2ccc(CCCCC=O)nc21. The van der Waals surface area contributed by atoms with Crippen LogP contribution in [0.1, 0.15) is 57.7 Å². The van der Waals surface area contributed by atoms with Crippen LogP contribution in [0.4, 0.5) is 10.6 Å². The van der Waals surface area contributed by atoms with Gasteiger partial charge < -0.3 is 9.53 Å². The topological polar surface area (TPSA) is 59.5 Å². The molecule has 1 aliphatic heterocycles. The molecule has 0 bridgehead atoms. The molecule has 1 aromatic rings. The van der Waals surface area contributed by atoms with E-state index in [0.29, 0.717) is 13.0 Å². The Morgan fingerprint density at radius 1 is 1.35 bits per heavy atom. The molecule has 126 valence electrons. The Labute approximate surface area is 138 Å². The Bertz CT molecular complexity index is 564. The number of aldehydes is 1. The van der Waals surface area contributed by atoms with Crippen LogP contribution in [-0.4, -0.2) is 29.5 Å². The van der Waals surface area contributed by atoms with Crippen LogP contribution in [0.3, 0.4) is 0 Å². The molecule has 0 aliphatic carbocycles. The number of amides is 1. The van der Waals surface area contributed by atoms with Crippen molar-refractivity contribution >= 4 is 18.2 Å². The first-order valence-electron chi connectivity index (χ1n) is 8.33. The minimum Gasteiger partial charge on any atom is -0.443 e. The number of pyridine rings is 1. The van der Waals surface area contributed by atoms with E-state index >= 15 is 0 Å². The van der Waals surface area contributed by atoms with Gasteiger partial charge in [0.05, 0.1) is 0 Å². The highest BCUT2D eigenvalue weighted by Gasteiger charge is 2.28. The summed E-state index contributed by atoms with van der Waals surface area (Å²) in [6.45, 7) is 6.25. The summed E-state index contributed by atoms with van der Waals surface area (Å²) in [5.41, 5.74) is 1.55. The molecule has 0 radical (unpaired) electrons. The maximum atomic E-state index is 12.4. The Balaban J connectivity index is 2.12. The zero-order valence-electron chi connectivity index (χ0n) is 14.3. The third-order valence-corrected chi connectivity index (χ3v) is 3.72. The number of anilines is 1. The molecule has 0 unspecified atom stereocenters. The van der Waals surface area contributed by atoms with Crippen LogP contribution in [0, 0.1) is 0 Å². The minimum absolute atomic E-state index is 0.330. The molecule has 1 amide bonds. The first-order chi connectivity index (χ1) is 10.9. The average molecular weight is 318 g/mol. The van der Waals surface area contributed by atoms with Gasteiger partial charge in [0.15, 0.2) is 0 Å². The molecule has 5 nitrogen and oxygen atoms in total. The molecular formula is C18H26N2O3. The van der Waals surface area contributed by atoms with Crippen molar-refractivity contribution in [2.24, 2.45) is 0 Å². The maximum absolute atomic E-state index is 12.4. The van der Waals surface area contributed by atoms with Gasteiger partial charge in [0, 0.05) is 18.7 Å². The Morgan fingerprint density at radius 3 is 2.83 bits per heavy atom. The molecular weight excluding hydrogens is 292 g/mol. The van der Waals surface area contributed by atoms with Crippen LogP contribution in [0.25, 0.3) is 0 Å². The normalized spacial score (nSPS) is 14.3. The summed E-state index contributed by atoms with van der Waals surface area (Å²) in [6.07, 6.45) is 5.70. The summed E-state index contributed by atoms with van der Waals surface area (Å²) in [6, 6.07) is 4.09. The van der Waals surface area contributed by atoms with Gasteiger partial charge >= 0.3 is 6.09 Å². The van der Waals surface area contributed by atoms with Gasteiger partial charge in [-0.25, -0.2) is 9.78 Å². The maximum Gasteiger partial charge on any atom is 0.416 e. The van der Waals surface area contributed by atoms with Crippen molar-refractivity contribution in [3.8, 4) is 0 Å². The predicted octanol–water partition coefficient (Wildman–Crippen LogP) is 3.68. The van der Waals surface area contributed by atoms with E-state index in [0.717, 1.165) is 55.5 Å². The molecule has 0 spiro atoms. The lowest BCUT2D eigenvalue weighted by Crippen LogP contribution is -2.40. The molecule has 2 heterocycles. The second-order valence-electron chi connectivity index (χ2n) is 6.93. The lowest BCUT2D eigenvalue weighted by atomic mass is 10.0. The molecule has 23 heavy (non-hydrogen) atoms. The zero-order chi connectivity index (χ0) is 16.9. The summed E-state index contributed by atoms with van der Waals surface area (Å²) in [5.74, 6) is 0.735. The third kappa shape index (κ3) is 5.05. The number of ether oxygens (including phenoxy) is 1. The Hall–Kier alpha value is -1.91. The lowest BCUT2D eigenvalue weighted by molar-refractivity contribution is -0.107. The van der Waals surface area contributed by atoms with Crippen molar-refractivity contribution in [1.29, 1.82) is 0 Å². The second-order valence-corrected chi connectivity index (χ2v) is 6.93. The van der Waals surface area contributed by atoms with Crippen LogP contribution in [0.2, 0.25) is 0 Å². The molecule has 0 saturated heterocycles. The van der Waals surface area contributed by atoms with E-state index in [1.165, 1.54) is 0 Å². The fourth-order valence-electron chi connectivity index (χ4n) is 2.65. The van der Waals surface area contributed by atoms with E-state index in [1.54, 1.807) is 4.90 Å². The molecule has 0 aromatic carbocycles. The van der Waals surface area contributed by atoms with Crippen LogP contribution in [0.15, 0.2) is 12.1 Å². The minimum atomic E-state index is -0.513. The highest BCUT2D eigenvalue weighted by atomic mass is 16.6. The summed E-state index contributed by atoms with van der Waals surface area (Å²) in [4.78, 5) is 29.1. The summed E-state index contributed by atoms with van der Waals surface area (Å²) >= 11 is 0. The van der Waals surface area contributed by atoms with E-state index in [-0.39, 0.29) is 6.09 Å². The van der Waals surface area contributed by atoms with Gasteiger partial charge in [-0.15, -0.1) is 0 Å². The number of hydrogen-bond donors (Lipinski definition) is 0. The van der Waals surface area contributed by atoms with Gasteiger partial charge in [0.2, 0.25) is 0 Å². The Morgan fingerprint density at radius 2 is 2.13 bits per heavy atom. The second kappa shape index (κ2) is 7.57. The van der Waals surface area contributed by atoms with Gasteiger partial charge in [0.1, 0.15) is 17.7 Å². The molecule has 5 heteroatoms. The highest BCUT2D eigenvalue weighted by Crippen LogP contribution is 2.27. The lowest BCUT2D eigenvalue weighted by Gasteiger charge is -2.31. The number of aryl methyl sites for hydroxylation is 2. The smallest absolute Gasteiger partial charge is 0.416 e. The number of carbonyl (C=O) groups is 2. The fraction of sp³-hybridized carbons (Fsp3) is 0.611. The molecule has 1 aromatic heterocycles. The first-order valence-corrected chi connectivity index (χ1v) is 8.33. The third-order valence-electron chi connectivity index (χ3n) is 3.72. The van der Waals surface area contributed by atoms with Crippen molar-refractivity contribution in [3.05, 3.63) is 23.4 Å². The molecule has 0 fully saturated rings. The van der Waals surface area contributed by atoms with Crippen LogP contribution < -0.4 is 4.90 Å². The molecule has 1 aliphatic rings. The monoisotopic (exact) mass is 318 g/mol. The van der Waals surface area contributed by atoms with Crippen LogP contribution in [0.5, 0.6) is 0 Å². The van der Waals surface area contributed by atoms with Gasteiger partial charge in [-0.3, -0.25) is 4.90 Å². The average Bonchev–Trinajstić information content (AvgIpc) is 2.49. The van der Waals surface area contributed by atoms with Crippen LogP contribution in [-0.2, 0) is 22.4 Å². The van der Waals surface area contributed by atoms with Crippen molar-refractivity contribution in [1.82, 2.24) is 4.98 Å². The number of unbranched alkanes of at least 4 members (excludes halogenated alkanes) is 2. The number of fused-ring (bicyclic) bond motifs is 1. The number of nitrogens with zero attached hydrogens (tertiary/aromatic N) is 2. The number of carbonyl (C=O) groups excluding carboxylic acids is 2. The zero-order valence-corrected chi connectivity index (χ0v) is 14.3. The van der Waals surface area contributed by atoms with Crippen molar-refractivity contribution < 1.29 is 14.3 Å². The molecule has 0 atom stereocenters. The summed E-state index contributed by atoms with van der Waals surface area (Å²) < 4.78 is 5.50. The first kappa shape index (κ1) is 17.4. The number of aromatic nitrogens is 1. The molecule has 0 saturated carbocycles. The fourth-order valence-corrected chi connectivity index (χ4v) is 2.65. The number of rotatable bonds is 5. The van der Waals surface area contributed by atoms with Gasteiger partial charge in [-0.1, -0.05) is 6.07 Å². The van der Waals surface area contributed by atoms with Gasteiger partial charge in [-0.05, 0) is 64.5 Å². The van der Waals surface area contributed by atoms with E-state index in [1.807, 2.05) is 26.8 Å². The number of hydrogen-bond acceptors (Lipinski definition) is 4. The van der Waals surface area contributed by atoms with Crippen molar-refractivity contribution in [3.63, 3.8) is 0 Å². The summed E-state index contributed by atoms with van der Waals surface area (Å²) in [5, 5.41) is 0. The van der Waals surface area contributed by atoms with E-state index in [4.69, 9.17) is 4.74 Å². The van der Waals surface area contributed by atoms with Crippen molar-refractivity contribution in [2.75, 3.05) is 11.4 Å². The molecule has 0 N–H and O–H groups in total. The predicted molar refractivity (Wildman–Crippen MR) is 89.8 cm³/mol. The van der Waals surface area contributed by atoms with E-state index in [9.17, 15) is 9.59 Å². The Kier molecular flexibility index (Phi) is 5.74. The van der Waals surface area contributed by atoms with Gasteiger partial charge in [0.25, 0.3) is 0 Å². The van der Waals surface area contributed by atoms with Gasteiger partial charge in [-0.2, -0.15) is 0 Å². The standard InChI is InChI=1S/C18H26N2O3/c1-18(2,3)23-17(22)20-12-7-8-14-10-11-15(19-16(14)20)9-5-4-6-13-21/h10-11,13H,4-9,12H2,1-3H3. The van der Waals surface area contributed by atoms with Crippen LogP contribution >= 0.6 is 0 Å². The molecule has 2 rings (SSSR count). The van der Waals surface area contributed by atoms with Crippen molar-refractivity contribution in [2.45, 2.75) is 64.9 Å².